The second kappa shape index (κ2) is 5.41. The van der Waals surface area contributed by atoms with Gasteiger partial charge in [0.05, 0.1) is 0 Å². The van der Waals surface area contributed by atoms with Crippen molar-refractivity contribution >= 4 is 0 Å². The third-order valence-corrected chi connectivity index (χ3v) is 3.54. The van der Waals surface area contributed by atoms with Crippen molar-refractivity contribution in [3.63, 3.8) is 0 Å². The van der Waals surface area contributed by atoms with E-state index < -0.39 is 0 Å². The van der Waals surface area contributed by atoms with Crippen molar-refractivity contribution in [1.82, 2.24) is 9.88 Å². The van der Waals surface area contributed by atoms with Crippen molar-refractivity contribution in [3.8, 4) is 0 Å². The Morgan fingerprint density at radius 1 is 1.50 bits per heavy atom. The van der Waals surface area contributed by atoms with Crippen LogP contribution in [0.2, 0.25) is 0 Å². The average molecular weight is 219 g/mol. The van der Waals surface area contributed by atoms with Crippen molar-refractivity contribution in [2.75, 3.05) is 13.1 Å². The Balaban J connectivity index is 2.05. The maximum atomic E-state index is 5.83. The highest BCUT2D eigenvalue weighted by atomic mass is 15.2. The van der Waals surface area contributed by atoms with Crippen molar-refractivity contribution in [3.05, 3.63) is 29.6 Å². The molecule has 1 aliphatic rings. The lowest BCUT2D eigenvalue weighted by Crippen LogP contribution is -2.43. The summed E-state index contributed by atoms with van der Waals surface area (Å²) in [5.74, 6) is 0. The summed E-state index contributed by atoms with van der Waals surface area (Å²) in [6, 6.07) is 2.64. The molecule has 1 fully saturated rings. The summed E-state index contributed by atoms with van der Waals surface area (Å²) in [5.41, 5.74) is 8.49. The van der Waals surface area contributed by atoms with Gasteiger partial charge in [-0.3, -0.25) is 9.88 Å². The molecule has 3 nitrogen and oxygen atoms in total. The third-order valence-electron chi connectivity index (χ3n) is 3.54. The van der Waals surface area contributed by atoms with Gasteiger partial charge in [-0.15, -0.1) is 0 Å². The van der Waals surface area contributed by atoms with Gasteiger partial charge < -0.3 is 5.73 Å². The largest absolute Gasteiger partial charge is 0.329 e. The first kappa shape index (κ1) is 11.6. The fraction of sp³-hybridized carbons (Fsp3) is 0.615. The third kappa shape index (κ3) is 2.60. The van der Waals surface area contributed by atoms with E-state index in [9.17, 15) is 0 Å². The molecule has 2 N–H and O–H groups in total. The highest BCUT2D eigenvalue weighted by Gasteiger charge is 2.21. The number of nitrogens with zero attached hydrogens (tertiary/aromatic N) is 2. The van der Waals surface area contributed by atoms with Crippen LogP contribution in [-0.4, -0.2) is 29.0 Å². The molecule has 0 bridgehead atoms. The normalized spacial score (nSPS) is 22.2. The molecule has 1 aromatic rings. The summed E-state index contributed by atoms with van der Waals surface area (Å²) in [6.45, 7) is 5.11. The smallest absolute Gasteiger partial charge is 0.0315 e. The monoisotopic (exact) mass is 219 g/mol. The summed E-state index contributed by atoms with van der Waals surface area (Å²) in [5, 5.41) is 0. The first-order valence-corrected chi connectivity index (χ1v) is 6.15. The molecule has 0 amide bonds. The minimum atomic E-state index is 0.563. The van der Waals surface area contributed by atoms with Gasteiger partial charge in [0.2, 0.25) is 0 Å². The first-order valence-electron chi connectivity index (χ1n) is 6.15. The zero-order valence-corrected chi connectivity index (χ0v) is 10.0. The van der Waals surface area contributed by atoms with E-state index in [0.29, 0.717) is 6.04 Å². The topological polar surface area (TPSA) is 42.2 Å². The van der Waals surface area contributed by atoms with Crippen LogP contribution < -0.4 is 5.73 Å². The molecule has 1 aliphatic heterocycles. The molecular weight excluding hydrogens is 198 g/mol. The fourth-order valence-corrected chi connectivity index (χ4v) is 2.42. The van der Waals surface area contributed by atoms with Gasteiger partial charge in [-0.25, -0.2) is 0 Å². The van der Waals surface area contributed by atoms with Crippen LogP contribution in [0.5, 0.6) is 0 Å². The molecule has 0 aromatic carbocycles. The summed E-state index contributed by atoms with van der Waals surface area (Å²) >= 11 is 0. The molecule has 0 saturated carbocycles. The van der Waals surface area contributed by atoms with Gasteiger partial charge in [-0.05, 0) is 43.5 Å². The SMILES string of the molecule is Cc1ccncc1CN1CCCCC1CN. The number of piperidine rings is 1. The van der Waals surface area contributed by atoms with Crippen molar-refractivity contribution < 1.29 is 0 Å². The zero-order valence-electron chi connectivity index (χ0n) is 10.0. The van der Waals surface area contributed by atoms with Gasteiger partial charge in [-0.1, -0.05) is 6.42 Å². The maximum Gasteiger partial charge on any atom is 0.0315 e. The lowest BCUT2D eigenvalue weighted by molar-refractivity contribution is 0.144. The Kier molecular flexibility index (Phi) is 3.91. The fourth-order valence-electron chi connectivity index (χ4n) is 2.42. The highest BCUT2D eigenvalue weighted by molar-refractivity contribution is 5.21. The van der Waals surface area contributed by atoms with E-state index >= 15 is 0 Å². The van der Waals surface area contributed by atoms with Crippen molar-refractivity contribution in [2.45, 2.75) is 38.8 Å². The van der Waals surface area contributed by atoms with Crippen LogP contribution in [0.3, 0.4) is 0 Å². The van der Waals surface area contributed by atoms with Crippen LogP contribution in [-0.2, 0) is 6.54 Å². The van der Waals surface area contributed by atoms with E-state index in [2.05, 4.69) is 22.9 Å². The number of hydrogen-bond donors (Lipinski definition) is 1. The molecule has 2 heterocycles. The average Bonchev–Trinajstić information content (AvgIpc) is 2.33. The Morgan fingerprint density at radius 3 is 3.12 bits per heavy atom. The zero-order chi connectivity index (χ0) is 11.4. The van der Waals surface area contributed by atoms with E-state index in [1.807, 2.05) is 12.4 Å². The number of hydrogen-bond acceptors (Lipinski definition) is 3. The number of pyridine rings is 1. The van der Waals surface area contributed by atoms with Crippen molar-refractivity contribution in [2.24, 2.45) is 5.73 Å². The molecule has 1 atom stereocenters. The lowest BCUT2D eigenvalue weighted by Gasteiger charge is -2.35. The van der Waals surface area contributed by atoms with Crippen LogP contribution in [0.15, 0.2) is 18.5 Å². The van der Waals surface area contributed by atoms with Crippen LogP contribution in [0, 0.1) is 6.92 Å². The Morgan fingerprint density at radius 2 is 2.38 bits per heavy atom. The molecule has 0 radical (unpaired) electrons. The second-order valence-electron chi connectivity index (χ2n) is 4.66. The molecule has 3 heteroatoms. The molecule has 88 valence electrons. The quantitative estimate of drug-likeness (QED) is 0.841. The molecular formula is C13H21N3. The molecule has 0 aliphatic carbocycles. The minimum absolute atomic E-state index is 0.563. The van der Waals surface area contributed by atoms with Crippen LogP contribution in [0.4, 0.5) is 0 Å². The molecule has 1 aromatic heterocycles. The minimum Gasteiger partial charge on any atom is -0.329 e. The van der Waals surface area contributed by atoms with E-state index in [1.54, 1.807) is 0 Å². The lowest BCUT2D eigenvalue weighted by atomic mass is 10.0. The number of aryl methyl sites for hydroxylation is 1. The van der Waals surface area contributed by atoms with Crippen LogP contribution >= 0.6 is 0 Å². The van der Waals surface area contributed by atoms with Gasteiger partial charge in [0.25, 0.3) is 0 Å². The van der Waals surface area contributed by atoms with Gasteiger partial charge in [-0.2, -0.15) is 0 Å². The molecule has 2 rings (SSSR count). The second-order valence-corrected chi connectivity index (χ2v) is 4.66. The first-order chi connectivity index (χ1) is 7.81. The van der Waals surface area contributed by atoms with E-state index in [1.165, 1.54) is 36.9 Å². The Hall–Kier alpha value is -0.930. The van der Waals surface area contributed by atoms with E-state index in [-0.39, 0.29) is 0 Å². The number of nitrogens with two attached hydrogens (primary N) is 1. The molecule has 16 heavy (non-hydrogen) atoms. The standard InChI is InChI=1S/C13H21N3/c1-11-5-6-15-9-12(11)10-16-7-3-2-4-13(16)8-14/h5-6,9,13H,2-4,7-8,10,14H2,1H3. The summed E-state index contributed by atoms with van der Waals surface area (Å²) < 4.78 is 0. The van der Waals surface area contributed by atoms with Crippen LogP contribution in [0.1, 0.15) is 30.4 Å². The van der Waals surface area contributed by atoms with Crippen LogP contribution in [0.25, 0.3) is 0 Å². The summed E-state index contributed by atoms with van der Waals surface area (Å²) in [4.78, 5) is 6.71. The van der Waals surface area contributed by atoms with Gasteiger partial charge in [0.15, 0.2) is 0 Å². The number of rotatable bonds is 3. The predicted octanol–water partition coefficient (Wildman–Crippen LogP) is 1.70. The predicted molar refractivity (Wildman–Crippen MR) is 66.1 cm³/mol. The summed E-state index contributed by atoms with van der Waals surface area (Å²) in [6.07, 6.45) is 7.71. The maximum absolute atomic E-state index is 5.83. The van der Waals surface area contributed by atoms with E-state index in [4.69, 9.17) is 5.73 Å². The Labute approximate surface area is 97.7 Å². The van der Waals surface area contributed by atoms with E-state index in [0.717, 1.165) is 13.1 Å². The number of likely N-dealkylation sites (tertiary alicyclic amines) is 1. The molecule has 1 saturated heterocycles. The Bertz CT molecular complexity index is 338. The van der Waals surface area contributed by atoms with Gasteiger partial charge >= 0.3 is 0 Å². The van der Waals surface area contributed by atoms with Gasteiger partial charge in [0, 0.05) is 31.5 Å². The van der Waals surface area contributed by atoms with Gasteiger partial charge in [0.1, 0.15) is 0 Å². The van der Waals surface area contributed by atoms with Crippen molar-refractivity contribution in [1.29, 1.82) is 0 Å². The summed E-state index contributed by atoms with van der Waals surface area (Å²) in [7, 11) is 0. The molecule has 0 spiro atoms. The highest BCUT2D eigenvalue weighted by Crippen LogP contribution is 2.19. The number of aromatic nitrogens is 1. The molecule has 1 unspecified atom stereocenters.